The highest BCUT2D eigenvalue weighted by atomic mass is 32.1. The van der Waals surface area contributed by atoms with Gasteiger partial charge in [-0.3, -0.25) is 0 Å². The van der Waals surface area contributed by atoms with E-state index in [1.807, 2.05) is 36.4 Å². The van der Waals surface area contributed by atoms with E-state index in [0.717, 1.165) is 34.5 Å². The van der Waals surface area contributed by atoms with Gasteiger partial charge in [-0.15, -0.1) is 0 Å². The lowest BCUT2D eigenvalue weighted by molar-refractivity contribution is 0.515. The van der Waals surface area contributed by atoms with Crippen LogP contribution < -0.4 is 16.4 Å². The third kappa shape index (κ3) is 4.27. The van der Waals surface area contributed by atoms with E-state index in [1.165, 1.54) is 0 Å². The number of pyridine rings is 1. The molecule has 0 fully saturated rings. The number of nitrogens with one attached hydrogen (secondary N) is 2. The Morgan fingerprint density at radius 1 is 1.19 bits per heavy atom. The van der Waals surface area contributed by atoms with Gasteiger partial charge in [0.15, 0.2) is 10.9 Å². The molecule has 0 radical (unpaired) electrons. The number of nitriles is 1. The number of aromatic nitrogens is 3. The van der Waals surface area contributed by atoms with Crippen LogP contribution in [0.1, 0.15) is 25.2 Å². The number of nitrogens with zero attached hydrogens (tertiary/aromatic N) is 4. The number of imidazole rings is 1. The monoisotopic (exact) mass is 429 g/mol. The summed E-state index contributed by atoms with van der Waals surface area (Å²) in [4.78, 5) is 9.33. The average Bonchev–Trinajstić information content (AvgIpc) is 3.11. The Bertz CT molecular complexity index is 1320. The van der Waals surface area contributed by atoms with Gasteiger partial charge in [0.05, 0.1) is 29.2 Å². The summed E-state index contributed by atoms with van der Waals surface area (Å²) in [6.07, 6.45) is 0. The van der Waals surface area contributed by atoms with E-state index < -0.39 is 0 Å². The molecule has 31 heavy (non-hydrogen) atoms. The van der Waals surface area contributed by atoms with Crippen molar-refractivity contribution in [2.45, 2.75) is 26.9 Å². The Morgan fingerprint density at radius 2 is 2.00 bits per heavy atom. The fraction of sp³-hybridized carbons (Fsp3) is 0.217. The molecule has 4 rings (SSSR count). The summed E-state index contributed by atoms with van der Waals surface area (Å²) in [5.41, 5.74) is 10.1. The van der Waals surface area contributed by atoms with E-state index in [1.54, 1.807) is 12.1 Å². The van der Waals surface area contributed by atoms with Crippen LogP contribution in [-0.4, -0.2) is 19.6 Å². The van der Waals surface area contributed by atoms with Gasteiger partial charge >= 0.3 is 0 Å². The largest absolute Gasteiger partial charge is 0.382 e. The highest BCUT2D eigenvalue weighted by Gasteiger charge is 2.18. The lowest BCUT2D eigenvalue weighted by Crippen LogP contribution is -2.29. The van der Waals surface area contributed by atoms with Crippen molar-refractivity contribution < 1.29 is 0 Å². The minimum Gasteiger partial charge on any atom is -0.382 e. The summed E-state index contributed by atoms with van der Waals surface area (Å²) < 4.78 is 2.20. The lowest BCUT2D eigenvalue weighted by atomic mass is 10.1. The predicted octanol–water partition coefficient (Wildman–Crippen LogP) is 4.18. The number of para-hydroxylation sites is 1. The Balaban J connectivity index is 1.65. The van der Waals surface area contributed by atoms with Crippen LogP contribution in [0.3, 0.4) is 0 Å². The van der Waals surface area contributed by atoms with Crippen LogP contribution >= 0.6 is 12.2 Å². The molecule has 2 aromatic carbocycles. The highest BCUT2D eigenvalue weighted by Crippen LogP contribution is 2.29. The Hall–Kier alpha value is -3.70. The number of rotatable bonds is 5. The Morgan fingerprint density at radius 3 is 2.77 bits per heavy atom. The van der Waals surface area contributed by atoms with E-state index in [2.05, 4.69) is 40.1 Å². The lowest BCUT2D eigenvalue weighted by Gasteiger charge is -2.15. The molecule has 156 valence electrons. The van der Waals surface area contributed by atoms with E-state index >= 15 is 0 Å². The maximum Gasteiger partial charge on any atom is 0.171 e. The smallest absolute Gasteiger partial charge is 0.171 e. The number of nitrogens with two attached hydrogens (primary N) is 1. The molecule has 0 bridgehead atoms. The van der Waals surface area contributed by atoms with Crippen LogP contribution in [0.25, 0.3) is 21.9 Å². The van der Waals surface area contributed by atoms with Gasteiger partial charge in [-0.05, 0) is 42.4 Å². The van der Waals surface area contributed by atoms with Gasteiger partial charge in [-0.25, -0.2) is 9.97 Å². The molecule has 4 N–H and O–H groups in total. The summed E-state index contributed by atoms with van der Waals surface area (Å²) in [6.45, 7) is 5.57. The van der Waals surface area contributed by atoms with Crippen LogP contribution in [0, 0.1) is 17.2 Å². The van der Waals surface area contributed by atoms with Crippen LogP contribution in [0.2, 0.25) is 0 Å². The Kier molecular flexibility index (Phi) is 5.69. The second-order valence-corrected chi connectivity index (χ2v) is 8.15. The number of fused-ring (bicyclic) bond motifs is 3. The fourth-order valence-electron chi connectivity index (χ4n) is 3.60. The molecule has 0 unspecified atom stereocenters. The molecule has 0 spiro atoms. The molecule has 7 nitrogen and oxygen atoms in total. The minimum absolute atomic E-state index is 0.420. The van der Waals surface area contributed by atoms with Crippen molar-refractivity contribution in [3.63, 3.8) is 0 Å². The van der Waals surface area contributed by atoms with Crippen LogP contribution in [-0.2, 0) is 13.1 Å². The fourth-order valence-corrected chi connectivity index (χ4v) is 3.79. The predicted molar refractivity (Wildman–Crippen MR) is 129 cm³/mol. The summed E-state index contributed by atoms with van der Waals surface area (Å²) in [5, 5.41) is 16.9. The van der Waals surface area contributed by atoms with Crippen molar-refractivity contribution >= 4 is 50.8 Å². The van der Waals surface area contributed by atoms with Crippen molar-refractivity contribution in [3.05, 3.63) is 59.9 Å². The Labute approximate surface area is 185 Å². The van der Waals surface area contributed by atoms with Crippen LogP contribution in [0.4, 0.5) is 11.5 Å². The van der Waals surface area contributed by atoms with E-state index in [-0.39, 0.29) is 0 Å². The van der Waals surface area contributed by atoms with E-state index in [9.17, 15) is 0 Å². The van der Waals surface area contributed by atoms with Gasteiger partial charge in [-0.1, -0.05) is 38.1 Å². The second kappa shape index (κ2) is 8.58. The second-order valence-electron chi connectivity index (χ2n) is 7.74. The molecule has 2 aromatic heterocycles. The molecular formula is C23H23N7S. The zero-order valence-electron chi connectivity index (χ0n) is 17.4. The third-order valence-electron chi connectivity index (χ3n) is 4.89. The number of hydrogen-bond acceptors (Lipinski definition) is 5. The number of benzene rings is 2. The molecule has 0 saturated heterocycles. The molecule has 8 heteroatoms. The van der Waals surface area contributed by atoms with Crippen LogP contribution in [0.15, 0.2) is 48.5 Å². The summed E-state index contributed by atoms with van der Waals surface area (Å²) in [5.74, 6) is 1.68. The van der Waals surface area contributed by atoms with Gasteiger partial charge in [0.2, 0.25) is 0 Å². The van der Waals surface area contributed by atoms with Crippen molar-refractivity contribution in [2.24, 2.45) is 5.92 Å². The quantitative estimate of drug-likeness (QED) is 0.409. The van der Waals surface area contributed by atoms with Crippen molar-refractivity contribution in [3.8, 4) is 6.07 Å². The highest BCUT2D eigenvalue weighted by molar-refractivity contribution is 7.80. The number of thiocarbonyl (C=S) groups is 1. The van der Waals surface area contributed by atoms with E-state index in [4.69, 9.17) is 28.2 Å². The third-order valence-corrected chi connectivity index (χ3v) is 5.14. The standard InChI is InChI=1S/C23H23N7S/c1-14(2)13-30-19(12-26-23(31)27-16-7-5-6-15(10-16)11-24)29-20-21(30)17-8-3-4-9-18(17)28-22(20)25/h3-10,14H,12-13H2,1-2H3,(H2,25,28)(H2,26,27,31). The first-order chi connectivity index (χ1) is 15.0. The van der Waals surface area contributed by atoms with Crippen molar-refractivity contribution in [1.82, 2.24) is 19.9 Å². The molecule has 0 aliphatic carbocycles. The molecular weight excluding hydrogens is 406 g/mol. The van der Waals surface area contributed by atoms with Gasteiger partial charge in [0, 0.05) is 17.6 Å². The maximum absolute atomic E-state index is 9.06. The molecule has 4 aromatic rings. The van der Waals surface area contributed by atoms with E-state index in [0.29, 0.717) is 34.5 Å². The van der Waals surface area contributed by atoms with Gasteiger partial charge in [-0.2, -0.15) is 5.26 Å². The number of hydrogen-bond donors (Lipinski definition) is 3. The SMILES string of the molecule is CC(C)Cn1c(CNC(=S)Nc2cccc(C#N)c2)nc2c(N)nc3ccccc3c21. The topological polar surface area (TPSA) is 105 Å². The molecule has 0 amide bonds. The number of anilines is 2. The van der Waals surface area contributed by atoms with Gasteiger partial charge in [0.25, 0.3) is 0 Å². The summed E-state index contributed by atoms with van der Waals surface area (Å²) >= 11 is 5.45. The van der Waals surface area contributed by atoms with Gasteiger partial charge in [0.1, 0.15) is 11.3 Å². The maximum atomic E-state index is 9.06. The molecule has 2 heterocycles. The first kappa shape index (κ1) is 20.6. The normalized spacial score (nSPS) is 11.0. The first-order valence-corrected chi connectivity index (χ1v) is 10.5. The molecule has 0 aliphatic rings. The molecule has 0 atom stereocenters. The minimum atomic E-state index is 0.420. The zero-order chi connectivity index (χ0) is 22.0. The van der Waals surface area contributed by atoms with Gasteiger partial charge < -0.3 is 20.9 Å². The van der Waals surface area contributed by atoms with Crippen LogP contribution in [0.5, 0.6) is 0 Å². The molecule has 0 aliphatic heterocycles. The van der Waals surface area contributed by atoms with Crippen molar-refractivity contribution in [1.29, 1.82) is 5.26 Å². The summed E-state index contributed by atoms with van der Waals surface area (Å²) in [7, 11) is 0. The first-order valence-electron chi connectivity index (χ1n) is 10.0. The van der Waals surface area contributed by atoms with Crippen molar-refractivity contribution in [2.75, 3.05) is 11.1 Å². The molecule has 0 saturated carbocycles. The average molecular weight is 430 g/mol. The zero-order valence-corrected chi connectivity index (χ0v) is 18.2. The number of nitrogen functional groups attached to an aromatic ring is 1. The summed E-state index contributed by atoms with van der Waals surface area (Å²) in [6, 6.07) is 17.3.